The highest BCUT2D eigenvalue weighted by atomic mass is 16.1. The van der Waals surface area contributed by atoms with Crippen molar-refractivity contribution in [2.75, 3.05) is 0 Å². The number of nitrogens with one attached hydrogen (secondary N) is 1. The van der Waals surface area contributed by atoms with Gasteiger partial charge in [0.05, 0.1) is 11.1 Å². The van der Waals surface area contributed by atoms with E-state index in [9.17, 15) is 4.79 Å². The number of hydrogen-bond acceptors (Lipinski definition) is 2. The molecular weight excluding hydrogens is 190 g/mol. The van der Waals surface area contributed by atoms with Crippen LogP contribution in [0.1, 0.15) is 34.9 Å². The molecule has 0 atom stereocenters. The van der Waals surface area contributed by atoms with E-state index >= 15 is 0 Å². The number of fused-ring (bicyclic) bond motifs is 1. The molecule has 2 aromatic rings. The molecule has 0 bridgehead atoms. The van der Waals surface area contributed by atoms with Gasteiger partial charge in [0.15, 0.2) is 0 Å². The lowest BCUT2D eigenvalue weighted by Gasteiger charge is -1.94. The summed E-state index contributed by atoms with van der Waals surface area (Å²) >= 11 is 0. The second-order valence-corrected chi connectivity index (χ2v) is 3.96. The van der Waals surface area contributed by atoms with Crippen molar-refractivity contribution in [2.24, 2.45) is 5.73 Å². The highest BCUT2D eigenvalue weighted by molar-refractivity contribution is 6.04. The van der Waals surface area contributed by atoms with Gasteiger partial charge in [-0.15, -0.1) is 0 Å². The Morgan fingerprint density at radius 1 is 1.47 bits per heavy atom. The number of imidazole rings is 1. The predicted molar refractivity (Wildman–Crippen MR) is 56.6 cm³/mol. The summed E-state index contributed by atoms with van der Waals surface area (Å²) in [5.74, 6) is 1.12. The Hall–Kier alpha value is -1.84. The Morgan fingerprint density at radius 3 is 2.93 bits per heavy atom. The first kappa shape index (κ1) is 8.47. The molecule has 1 aromatic carbocycles. The van der Waals surface area contributed by atoms with Crippen molar-refractivity contribution in [3.8, 4) is 0 Å². The quantitative estimate of drug-likeness (QED) is 0.773. The van der Waals surface area contributed by atoms with E-state index in [4.69, 9.17) is 5.73 Å². The van der Waals surface area contributed by atoms with Crippen LogP contribution in [-0.2, 0) is 0 Å². The largest absolute Gasteiger partial charge is 0.366 e. The van der Waals surface area contributed by atoms with Crippen molar-refractivity contribution >= 4 is 16.9 Å². The maximum atomic E-state index is 11.2. The molecule has 1 saturated carbocycles. The molecule has 0 saturated heterocycles. The average Bonchev–Trinajstić information content (AvgIpc) is 2.96. The Labute approximate surface area is 86.5 Å². The van der Waals surface area contributed by atoms with Crippen molar-refractivity contribution in [1.82, 2.24) is 9.97 Å². The van der Waals surface area contributed by atoms with E-state index in [1.807, 2.05) is 12.1 Å². The minimum absolute atomic E-state index is 0.422. The maximum absolute atomic E-state index is 11.2. The van der Waals surface area contributed by atoms with Crippen molar-refractivity contribution < 1.29 is 4.79 Å². The van der Waals surface area contributed by atoms with Crippen molar-refractivity contribution in [3.63, 3.8) is 0 Å². The first-order valence-electron chi connectivity index (χ1n) is 5.04. The lowest BCUT2D eigenvalue weighted by Crippen LogP contribution is -2.11. The van der Waals surface area contributed by atoms with Crippen molar-refractivity contribution in [1.29, 1.82) is 0 Å². The van der Waals surface area contributed by atoms with Crippen LogP contribution in [-0.4, -0.2) is 15.9 Å². The lowest BCUT2D eigenvalue weighted by molar-refractivity contribution is 0.100. The van der Waals surface area contributed by atoms with Crippen molar-refractivity contribution in [2.45, 2.75) is 18.8 Å². The van der Waals surface area contributed by atoms with Gasteiger partial charge in [0, 0.05) is 5.92 Å². The lowest BCUT2D eigenvalue weighted by atomic mass is 10.2. The van der Waals surface area contributed by atoms with Crippen molar-refractivity contribution in [3.05, 3.63) is 29.6 Å². The molecule has 1 aromatic heterocycles. The molecule has 0 radical (unpaired) electrons. The van der Waals surface area contributed by atoms with Gasteiger partial charge in [-0.1, -0.05) is 6.07 Å². The fourth-order valence-corrected chi connectivity index (χ4v) is 1.80. The number of H-pyrrole nitrogens is 1. The average molecular weight is 201 g/mol. The molecule has 0 unspecified atom stereocenters. The zero-order valence-electron chi connectivity index (χ0n) is 8.16. The zero-order valence-corrected chi connectivity index (χ0v) is 8.16. The minimum Gasteiger partial charge on any atom is -0.366 e. The van der Waals surface area contributed by atoms with Gasteiger partial charge in [0.1, 0.15) is 11.3 Å². The van der Waals surface area contributed by atoms with E-state index < -0.39 is 5.91 Å². The second kappa shape index (κ2) is 2.82. The fourth-order valence-electron chi connectivity index (χ4n) is 1.80. The van der Waals surface area contributed by atoms with Crippen LogP contribution in [0.25, 0.3) is 11.0 Å². The third-order valence-corrected chi connectivity index (χ3v) is 2.76. The number of hydrogen-bond donors (Lipinski definition) is 2. The summed E-state index contributed by atoms with van der Waals surface area (Å²) in [6.45, 7) is 0. The van der Waals surface area contributed by atoms with Crippen LogP contribution < -0.4 is 5.73 Å². The number of benzene rings is 1. The number of carbonyl (C=O) groups is 1. The third-order valence-electron chi connectivity index (χ3n) is 2.76. The van der Waals surface area contributed by atoms with E-state index in [-0.39, 0.29) is 0 Å². The van der Waals surface area contributed by atoms with Gasteiger partial charge >= 0.3 is 0 Å². The van der Waals surface area contributed by atoms with Crippen LogP contribution in [0.5, 0.6) is 0 Å². The molecule has 4 heteroatoms. The molecule has 1 amide bonds. The van der Waals surface area contributed by atoms with Crippen LogP contribution >= 0.6 is 0 Å². The normalized spacial score (nSPS) is 15.7. The SMILES string of the molecule is NC(=O)c1cccc2[nH]c(C3CC3)nc12. The molecule has 3 rings (SSSR count). The van der Waals surface area contributed by atoms with Gasteiger partial charge < -0.3 is 10.7 Å². The first-order valence-corrected chi connectivity index (χ1v) is 5.04. The van der Waals surface area contributed by atoms with Crippen LogP contribution in [0.15, 0.2) is 18.2 Å². The van der Waals surface area contributed by atoms with Crippen LogP contribution in [0.4, 0.5) is 0 Å². The topological polar surface area (TPSA) is 71.8 Å². The Morgan fingerprint density at radius 2 is 2.27 bits per heavy atom. The number of nitrogens with two attached hydrogens (primary N) is 1. The molecular formula is C11H11N3O. The summed E-state index contributed by atoms with van der Waals surface area (Å²) in [7, 11) is 0. The molecule has 3 N–H and O–H groups in total. The molecule has 0 aliphatic heterocycles. The van der Waals surface area contributed by atoms with Gasteiger partial charge in [-0.05, 0) is 25.0 Å². The fraction of sp³-hybridized carbons (Fsp3) is 0.273. The van der Waals surface area contributed by atoms with Gasteiger partial charge in [0.2, 0.25) is 0 Å². The number of rotatable bonds is 2. The number of carbonyl (C=O) groups excluding carboxylic acids is 1. The molecule has 4 nitrogen and oxygen atoms in total. The first-order chi connectivity index (χ1) is 7.25. The summed E-state index contributed by atoms with van der Waals surface area (Å²) in [6.07, 6.45) is 2.37. The van der Waals surface area contributed by atoms with Crippen LogP contribution in [0, 0.1) is 0 Å². The summed E-state index contributed by atoms with van der Waals surface area (Å²) < 4.78 is 0. The molecule has 1 heterocycles. The Bertz CT molecular complexity index is 540. The molecule has 15 heavy (non-hydrogen) atoms. The summed E-state index contributed by atoms with van der Waals surface area (Å²) in [5.41, 5.74) is 7.38. The van der Waals surface area contributed by atoms with Crippen LogP contribution in [0.2, 0.25) is 0 Å². The molecule has 1 aliphatic carbocycles. The highest BCUT2D eigenvalue weighted by Crippen LogP contribution is 2.39. The van der Waals surface area contributed by atoms with E-state index in [0.717, 1.165) is 11.3 Å². The van der Waals surface area contributed by atoms with Gasteiger partial charge in [-0.3, -0.25) is 4.79 Å². The van der Waals surface area contributed by atoms with E-state index in [1.54, 1.807) is 6.07 Å². The van der Waals surface area contributed by atoms with Gasteiger partial charge in [-0.2, -0.15) is 0 Å². The Balaban J connectivity index is 2.23. The van der Waals surface area contributed by atoms with E-state index in [2.05, 4.69) is 9.97 Å². The van der Waals surface area contributed by atoms with E-state index in [1.165, 1.54) is 12.8 Å². The highest BCUT2D eigenvalue weighted by Gasteiger charge is 2.27. The molecule has 1 aliphatic rings. The third kappa shape index (κ3) is 1.29. The maximum Gasteiger partial charge on any atom is 0.250 e. The number of para-hydroxylation sites is 1. The van der Waals surface area contributed by atoms with Gasteiger partial charge in [0.25, 0.3) is 5.91 Å². The Kier molecular flexibility index (Phi) is 1.59. The number of nitrogens with zero attached hydrogens (tertiary/aromatic N) is 1. The number of primary amides is 1. The molecule has 76 valence electrons. The smallest absolute Gasteiger partial charge is 0.250 e. The number of aromatic nitrogens is 2. The predicted octanol–water partition coefficient (Wildman–Crippen LogP) is 1.54. The minimum atomic E-state index is -0.422. The van der Waals surface area contributed by atoms with Gasteiger partial charge in [-0.25, -0.2) is 4.98 Å². The monoisotopic (exact) mass is 201 g/mol. The molecule has 0 spiro atoms. The summed E-state index contributed by atoms with van der Waals surface area (Å²) in [5, 5.41) is 0. The van der Waals surface area contributed by atoms with Crippen LogP contribution in [0.3, 0.4) is 0 Å². The summed E-state index contributed by atoms with van der Waals surface area (Å²) in [4.78, 5) is 18.9. The second-order valence-electron chi connectivity index (χ2n) is 3.96. The zero-order chi connectivity index (χ0) is 10.4. The number of amides is 1. The summed E-state index contributed by atoms with van der Waals surface area (Å²) in [6, 6.07) is 5.44. The van der Waals surface area contributed by atoms with E-state index in [0.29, 0.717) is 17.0 Å². The molecule has 1 fully saturated rings. The standard InChI is InChI=1S/C11H11N3O/c12-10(15)7-2-1-3-8-9(7)14-11(13-8)6-4-5-6/h1-3,6H,4-5H2,(H2,12,15)(H,13,14). The number of aromatic amines is 1.